The smallest absolute Gasteiger partial charge is 0.227 e. The fourth-order valence-corrected chi connectivity index (χ4v) is 3.30. The Bertz CT molecular complexity index is 892. The molecule has 0 unspecified atom stereocenters. The minimum Gasteiger partial charge on any atom is -0.384 e. The summed E-state index contributed by atoms with van der Waals surface area (Å²) in [6, 6.07) is 5.60. The molecule has 26 heavy (non-hydrogen) atoms. The fraction of sp³-hybridized carbons (Fsp3) is 0.312. The Labute approximate surface area is 154 Å². The molecule has 0 aromatic carbocycles. The standard InChI is InChI=1S/C16H18N8OS/c1-23-10-19-22-16(23)26-14-8-12(11-2-3-13(17)18-9-11)20-15(21-14)24-4-6-25-7-5-24/h2-3,8-10H,4-7H2,1H3,(H2,17,18). The second-order valence-electron chi connectivity index (χ2n) is 5.79. The summed E-state index contributed by atoms with van der Waals surface area (Å²) in [7, 11) is 1.90. The molecule has 9 nitrogen and oxygen atoms in total. The Kier molecular flexibility index (Phi) is 4.67. The average Bonchev–Trinajstić information content (AvgIpc) is 3.07. The lowest BCUT2D eigenvalue weighted by atomic mass is 10.2. The van der Waals surface area contributed by atoms with E-state index in [-0.39, 0.29) is 0 Å². The van der Waals surface area contributed by atoms with Gasteiger partial charge in [-0.25, -0.2) is 15.0 Å². The Morgan fingerprint density at radius 1 is 1.19 bits per heavy atom. The molecule has 1 saturated heterocycles. The third kappa shape index (κ3) is 3.60. The largest absolute Gasteiger partial charge is 0.384 e. The van der Waals surface area contributed by atoms with Crippen LogP contribution in [0.25, 0.3) is 11.3 Å². The van der Waals surface area contributed by atoms with Crippen LogP contribution in [0.15, 0.2) is 40.9 Å². The third-order valence-corrected chi connectivity index (χ3v) is 4.90. The van der Waals surface area contributed by atoms with Crippen LogP contribution in [0, 0.1) is 0 Å². The quantitative estimate of drug-likeness (QED) is 0.678. The summed E-state index contributed by atoms with van der Waals surface area (Å²) in [4.78, 5) is 15.7. The Hall–Kier alpha value is -2.72. The van der Waals surface area contributed by atoms with Gasteiger partial charge in [-0.15, -0.1) is 10.2 Å². The molecule has 0 bridgehead atoms. The predicted octanol–water partition coefficient (Wildman–Crippen LogP) is 1.24. The Morgan fingerprint density at radius 2 is 2.04 bits per heavy atom. The van der Waals surface area contributed by atoms with Crippen molar-refractivity contribution in [2.45, 2.75) is 10.2 Å². The van der Waals surface area contributed by atoms with E-state index >= 15 is 0 Å². The molecule has 3 aromatic heterocycles. The van der Waals surface area contributed by atoms with E-state index in [9.17, 15) is 0 Å². The van der Waals surface area contributed by atoms with Crippen molar-refractivity contribution in [3.05, 3.63) is 30.7 Å². The first-order valence-electron chi connectivity index (χ1n) is 8.14. The van der Waals surface area contributed by atoms with E-state index in [1.807, 2.05) is 23.7 Å². The van der Waals surface area contributed by atoms with Gasteiger partial charge in [0.05, 0.1) is 18.9 Å². The van der Waals surface area contributed by atoms with Gasteiger partial charge in [-0.1, -0.05) is 0 Å². The minimum atomic E-state index is 0.477. The van der Waals surface area contributed by atoms with E-state index in [1.165, 1.54) is 11.8 Å². The van der Waals surface area contributed by atoms with E-state index < -0.39 is 0 Å². The van der Waals surface area contributed by atoms with Crippen molar-refractivity contribution in [3.63, 3.8) is 0 Å². The van der Waals surface area contributed by atoms with Gasteiger partial charge in [0.1, 0.15) is 17.2 Å². The van der Waals surface area contributed by atoms with E-state index in [0.717, 1.165) is 34.5 Å². The second-order valence-corrected chi connectivity index (χ2v) is 6.78. The van der Waals surface area contributed by atoms with Gasteiger partial charge >= 0.3 is 0 Å². The minimum absolute atomic E-state index is 0.477. The number of pyridine rings is 1. The van der Waals surface area contributed by atoms with Gasteiger partial charge in [0.15, 0.2) is 5.16 Å². The van der Waals surface area contributed by atoms with Crippen LogP contribution in [0.5, 0.6) is 0 Å². The van der Waals surface area contributed by atoms with Crippen LogP contribution < -0.4 is 10.6 Å². The number of hydrogen-bond donors (Lipinski definition) is 1. The number of aryl methyl sites for hydroxylation is 1. The van der Waals surface area contributed by atoms with Crippen LogP contribution >= 0.6 is 11.8 Å². The summed E-state index contributed by atoms with van der Waals surface area (Å²) in [5.74, 6) is 1.15. The van der Waals surface area contributed by atoms with Gasteiger partial charge in [-0.2, -0.15) is 0 Å². The van der Waals surface area contributed by atoms with Crippen molar-refractivity contribution in [2.24, 2.45) is 7.05 Å². The molecule has 0 saturated carbocycles. The average molecular weight is 370 g/mol. The molecule has 4 rings (SSSR count). The van der Waals surface area contributed by atoms with Gasteiger partial charge in [-0.3, -0.25) is 0 Å². The number of rotatable bonds is 4. The molecule has 134 valence electrons. The third-order valence-electron chi connectivity index (χ3n) is 3.93. The molecule has 3 aromatic rings. The normalized spacial score (nSPS) is 14.6. The number of nitrogens with two attached hydrogens (primary N) is 1. The van der Waals surface area contributed by atoms with Gasteiger partial charge in [0.25, 0.3) is 0 Å². The maximum absolute atomic E-state index is 5.70. The van der Waals surface area contributed by atoms with Crippen LogP contribution in [-0.4, -0.2) is 56.0 Å². The molecule has 2 N–H and O–H groups in total. The van der Waals surface area contributed by atoms with Crippen LogP contribution in [0.4, 0.5) is 11.8 Å². The highest BCUT2D eigenvalue weighted by Crippen LogP contribution is 2.29. The first kappa shape index (κ1) is 16.7. The molecular formula is C16H18N8OS. The SMILES string of the molecule is Cn1cnnc1Sc1cc(-c2ccc(N)nc2)nc(N2CCOCC2)n1. The first-order valence-corrected chi connectivity index (χ1v) is 8.96. The van der Waals surface area contributed by atoms with Crippen LogP contribution in [-0.2, 0) is 11.8 Å². The zero-order chi connectivity index (χ0) is 17.9. The number of aromatic nitrogens is 6. The summed E-state index contributed by atoms with van der Waals surface area (Å²) >= 11 is 1.45. The van der Waals surface area contributed by atoms with Crippen molar-refractivity contribution in [3.8, 4) is 11.3 Å². The highest BCUT2D eigenvalue weighted by atomic mass is 32.2. The van der Waals surface area contributed by atoms with Gasteiger partial charge in [-0.05, 0) is 30.0 Å². The van der Waals surface area contributed by atoms with Crippen molar-refractivity contribution in [2.75, 3.05) is 36.9 Å². The number of anilines is 2. The molecule has 0 atom stereocenters. The van der Waals surface area contributed by atoms with Crippen molar-refractivity contribution < 1.29 is 4.74 Å². The van der Waals surface area contributed by atoms with Crippen molar-refractivity contribution >= 4 is 23.5 Å². The molecule has 0 radical (unpaired) electrons. The zero-order valence-electron chi connectivity index (χ0n) is 14.2. The molecule has 4 heterocycles. The highest BCUT2D eigenvalue weighted by Gasteiger charge is 2.17. The second kappa shape index (κ2) is 7.26. The summed E-state index contributed by atoms with van der Waals surface area (Å²) in [6.07, 6.45) is 3.38. The van der Waals surface area contributed by atoms with Gasteiger partial charge in [0, 0.05) is 31.9 Å². The number of nitrogen functional groups attached to an aromatic ring is 1. The summed E-state index contributed by atoms with van der Waals surface area (Å²) in [6.45, 7) is 2.86. The highest BCUT2D eigenvalue weighted by molar-refractivity contribution is 7.99. The maximum atomic E-state index is 5.70. The fourth-order valence-electron chi connectivity index (χ4n) is 2.53. The van der Waals surface area contributed by atoms with Crippen molar-refractivity contribution in [1.82, 2.24) is 29.7 Å². The topological polar surface area (TPSA) is 108 Å². The molecule has 10 heteroatoms. The molecule has 0 amide bonds. The molecular weight excluding hydrogens is 352 g/mol. The lowest BCUT2D eigenvalue weighted by molar-refractivity contribution is 0.122. The molecule has 1 fully saturated rings. The van der Waals surface area contributed by atoms with E-state index in [4.69, 9.17) is 20.4 Å². The van der Waals surface area contributed by atoms with Gasteiger partial charge in [0.2, 0.25) is 5.95 Å². The van der Waals surface area contributed by atoms with E-state index in [1.54, 1.807) is 18.6 Å². The summed E-state index contributed by atoms with van der Waals surface area (Å²) in [5, 5.41) is 9.60. The first-order chi connectivity index (χ1) is 12.7. The molecule has 1 aliphatic heterocycles. The van der Waals surface area contributed by atoms with Gasteiger partial charge < -0.3 is 19.9 Å². The zero-order valence-corrected chi connectivity index (χ0v) is 15.1. The number of hydrogen-bond acceptors (Lipinski definition) is 9. The summed E-state index contributed by atoms with van der Waals surface area (Å²) in [5.41, 5.74) is 7.38. The van der Waals surface area contributed by atoms with Crippen molar-refractivity contribution in [1.29, 1.82) is 0 Å². The van der Waals surface area contributed by atoms with Crippen LogP contribution in [0.2, 0.25) is 0 Å². The van der Waals surface area contributed by atoms with Crippen LogP contribution in [0.1, 0.15) is 0 Å². The Balaban J connectivity index is 1.73. The lowest BCUT2D eigenvalue weighted by Gasteiger charge is -2.27. The maximum Gasteiger partial charge on any atom is 0.227 e. The molecule has 0 aliphatic carbocycles. The molecule has 1 aliphatic rings. The number of morpholine rings is 1. The van der Waals surface area contributed by atoms with E-state index in [2.05, 4.69) is 20.1 Å². The van der Waals surface area contributed by atoms with E-state index in [0.29, 0.717) is 25.0 Å². The van der Waals surface area contributed by atoms with Crippen LogP contribution in [0.3, 0.4) is 0 Å². The summed E-state index contributed by atoms with van der Waals surface area (Å²) < 4.78 is 7.29. The Morgan fingerprint density at radius 3 is 2.73 bits per heavy atom. The number of ether oxygens (including phenoxy) is 1. The monoisotopic (exact) mass is 370 g/mol. The predicted molar refractivity (Wildman–Crippen MR) is 97.8 cm³/mol. The molecule has 0 spiro atoms. The lowest BCUT2D eigenvalue weighted by Crippen LogP contribution is -2.37. The number of nitrogens with zero attached hydrogens (tertiary/aromatic N) is 7.